The number of nitrogens with zero attached hydrogens (tertiary/aromatic N) is 1. The number of carbonyl (C=O) groups excluding carboxylic acids is 2. The van der Waals surface area contributed by atoms with Crippen molar-refractivity contribution in [2.75, 3.05) is 19.7 Å². The van der Waals surface area contributed by atoms with Crippen LogP contribution in [0.15, 0.2) is 42.5 Å². The van der Waals surface area contributed by atoms with Crippen LogP contribution < -0.4 is 4.74 Å². The Morgan fingerprint density at radius 3 is 2.55 bits per heavy atom. The maximum atomic E-state index is 13.0. The van der Waals surface area contributed by atoms with Crippen molar-refractivity contribution in [2.24, 2.45) is 0 Å². The van der Waals surface area contributed by atoms with Gasteiger partial charge in [-0.25, -0.2) is 0 Å². The number of Topliss-reactive ketones (excluding diaryl/α,β-unsaturated/α-hetero) is 1. The van der Waals surface area contributed by atoms with Gasteiger partial charge >= 0.3 is 6.18 Å². The Labute approximate surface area is 178 Å². The molecule has 1 fully saturated rings. The van der Waals surface area contributed by atoms with Gasteiger partial charge in [-0.2, -0.15) is 13.2 Å². The highest BCUT2D eigenvalue weighted by atomic mass is 19.4. The number of piperidine rings is 1. The van der Waals surface area contributed by atoms with E-state index < -0.39 is 23.1 Å². The third-order valence-electron chi connectivity index (χ3n) is 7.02. The van der Waals surface area contributed by atoms with Gasteiger partial charge in [-0.05, 0) is 48.4 Å². The van der Waals surface area contributed by atoms with E-state index in [1.165, 1.54) is 11.6 Å². The Morgan fingerprint density at radius 2 is 1.84 bits per heavy atom. The zero-order valence-corrected chi connectivity index (χ0v) is 16.9. The molecule has 2 aliphatic heterocycles. The Hall–Kier alpha value is -2.83. The lowest BCUT2D eigenvalue weighted by atomic mass is 9.73. The minimum Gasteiger partial charge on any atom is -0.492 e. The van der Waals surface area contributed by atoms with Crippen LogP contribution in [-0.4, -0.2) is 36.3 Å². The first-order valence-electron chi connectivity index (χ1n) is 10.5. The molecule has 1 aliphatic carbocycles. The summed E-state index contributed by atoms with van der Waals surface area (Å²) in [5, 5.41) is 0. The minimum absolute atomic E-state index is 0.113. The first-order valence-corrected chi connectivity index (χ1v) is 10.5. The van der Waals surface area contributed by atoms with Crippen LogP contribution in [0.5, 0.6) is 5.75 Å². The lowest BCUT2D eigenvalue weighted by molar-refractivity contribution is -0.146. The monoisotopic (exact) mass is 429 g/mol. The fourth-order valence-electron chi connectivity index (χ4n) is 5.13. The lowest BCUT2D eigenvalue weighted by Crippen LogP contribution is -2.48. The number of ketones is 1. The molecule has 1 atom stereocenters. The summed E-state index contributed by atoms with van der Waals surface area (Å²) in [5.41, 5.74) is 2.04. The van der Waals surface area contributed by atoms with Gasteiger partial charge in [-0.15, -0.1) is 0 Å². The van der Waals surface area contributed by atoms with Crippen LogP contribution in [0.25, 0.3) is 0 Å². The fraction of sp³-hybridized carbons (Fsp3) is 0.417. The van der Waals surface area contributed by atoms with E-state index in [1.807, 2.05) is 24.3 Å². The molecule has 1 amide bonds. The van der Waals surface area contributed by atoms with Crippen LogP contribution in [0, 0.1) is 0 Å². The largest absolute Gasteiger partial charge is 0.492 e. The summed E-state index contributed by atoms with van der Waals surface area (Å²) < 4.78 is 44.5. The number of carbonyl (C=O) groups is 2. The van der Waals surface area contributed by atoms with Crippen LogP contribution in [0.2, 0.25) is 0 Å². The van der Waals surface area contributed by atoms with Crippen LogP contribution in [-0.2, 0) is 27.6 Å². The molecule has 7 heteroatoms. The van der Waals surface area contributed by atoms with Crippen molar-refractivity contribution in [1.29, 1.82) is 0 Å². The highest BCUT2D eigenvalue weighted by Crippen LogP contribution is 2.47. The van der Waals surface area contributed by atoms with Crippen LogP contribution in [0.3, 0.4) is 0 Å². The topological polar surface area (TPSA) is 46.6 Å². The molecule has 2 heterocycles. The second-order valence-electron chi connectivity index (χ2n) is 8.80. The van der Waals surface area contributed by atoms with Crippen LogP contribution in [0.4, 0.5) is 13.2 Å². The Morgan fingerprint density at radius 1 is 1.10 bits per heavy atom. The van der Waals surface area contributed by atoms with E-state index in [2.05, 4.69) is 0 Å². The molecule has 0 aromatic heterocycles. The predicted molar refractivity (Wildman–Crippen MR) is 107 cm³/mol. The number of rotatable bonds is 3. The molecule has 1 spiro atoms. The number of benzene rings is 2. The minimum atomic E-state index is -4.41. The Kier molecular flexibility index (Phi) is 4.61. The molecular weight excluding hydrogens is 407 g/mol. The summed E-state index contributed by atoms with van der Waals surface area (Å²) in [5.74, 6) is -0.435. The number of amides is 1. The molecule has 31 heavy (non-hydrogen) atoms. The summed E-state index contributed by atoms with van der Waals surface area (Å²) in [7, 11) is 0. The SMILES string of the molecule is O=C(CC1Cc2ccccc21)C(=O)N1CCC2(CC1)COc1cc(C(F)(F)F)ccc12. The van der Waals surface area contributed by atoms with Crippen molar-refractivity contribution < 1.29 is 27.5 Å². The quantitative estimate of drug-likeness (QED) is 0.685. The summed E-state index contributed by atoms with van der Waals surface area (Å²) in [6, 6.07) is 11.6. The number of likely N-dealkylation sites (tertiary alicyclic amines) is 1. The highest BCUT2D eigenvalue weighted by molar-refractivity contribution is 6.36. The number of alkyl halides is 3. The van der Waals surface area contributed by atoms with Crippen molar-refractivity contribution in [3.8, 4) is 5.75 Å². The molecule has 4 nitrogen and oxygen atoms in total. The maximum absolute atomic E-state index is 13.0. The van der Waals surface area contributed by atoms with Gasteiger partial charge in [0.2, 0.25) is 5.78 Å². The summed E-state index contributed by atoms with van der Waals surface area (Å²) >= 11 is 0. The normalized spacial score (nSPS) is 21.1. The highest BCUT2D eigenvalue weighted by Gasteiger charge is 2.45. The standard InChI is InChI=1S/C24H22F3NO3/c25-24(26,27)17-5-6-19-21(13-17)31-14-23(19)7-9-28(10-8-23)22(30)20(29)12-16-11-15-3-1-2-4-18(15)16/h1-6,13,16H,7-12,14H2. The number of ether oxygens (including phenoxy) is 1. The van der Waals surface area contributed by atoms with E-state index in [9.17, 15) is 22.8 Å². The molecular formula is C24H22F3NO3. The third kappa shape index (κ3) is 3.40. The van der Waals surface area contributed by atoms with Gasteiger partial charge in [0.25, 0.3) is 5.91 Å². The van der Waals surface area contributed by atoms with Crippen LogP contribution >= 0.6 is 0 Å². The second kappa shape index (κ2) is 7.11. The van der Waals surface area contributed by atoms with Crippen LogP contribution in [0.1, 0.15) is 47.4 Å². The average Bonchev–Trinajstić information content (AvgIpc) is 3.09. The zero-order valence-electron chi connectivity index (χ0n) is 16.9. The van der Waals surface area contributed by atoms with E-state index in [1.54, 1.807) is 4.90 Å². The van der Waals surface area contributed by atoms with Crippen molar-refractivity contribution in [3.63, 3.8) is 0 Å². The predicted octanol–water partition coefficient (Wildman–Crippen LogP) is 4.26. The molecule has 0 radical (unpaired) electrons. The van der Waals surface area contributed by atoms with Gasteiger partial charge in [0.15, 0.2) is 0 Å². The number of hydrogen-bond acceptors (Lipinski definition) is 3. The molecule has 1 unspecified atom stereocenters. The van der Waals surface area contributed by atoms with Gasteiger partial charge in [0.05, 0.1) is 12.2 Å². The molecule has 3 aliphatic rings. The Bertz CT molecular complexity index is 1050. The molecule has 2 aromatic rings. The van der Waals surface area contributed by atoms with Crippen molar-refractivity contribution in [3.05, 3.63) is 64.7 Å². The Balaban J connectivity index is 1.22. The fourth-order valence-corrected chi connectivity index (χ4v) is 5.13. The van der Waals surface area contributed by atoms with E-state index in [0.717, 1.165) is 29.7 Å². The summed E-state index contributed by atoms with van der Waals surface area (Å²) in [6.07, 6.45) is -2.23. The molecule has 1 saturated heterocycles. The molecule has 2 aromatic carbocycles. The van der Waals surface area contributed by atoms with Gasteiger partial charge in [-0.1, -0.05) is 30.3 Å². The summed E-state index contributed by atoms with van der Waals surface area (Å²) in [4.78, 5) is 26.9. The van der Waals surface area contributed by atoms with Gasteiger partial charge in [0, 0.05) is 30.5 Å². The second-order valence-corrected chi connectivity index (χ2v) is 8.80. The molecule has 162 valence electrons. The van der Waals surface area contributed by atoms with Crippen molar-refractivity contribution in [1.82, 2.24) is 4.90 Å². The van der Waals surface area contributed by atoms with Gasteiger partial charge < -0.3 is 9.64 Å². The first kappa shape index (κ1) is 20.1. The zero-order chi connectivity index (χ0) is 21.8. The van der Waals surface area contributed by atoms with Gasteiger partial charge in [-0.3, -0.25) is 9.59 Å². The first-order chi connectivity index (χ1) is 14.8. The number of hydrogen-bond donors (Lipinski definition) is 0. The molecule has 5 rings (SSSR count). The van der Waals surface area contributed by atoms with Crippen molar-refractivity contribution >= 4 is 11.7 Å². The lowest BCUT2D eigenvalue weighted by Gasteiger charge is -2.38. The maximum Gasteiger partial charge on any atom is 0.416 e. The van der Waals surface area contributed by atoms with E-state index in [-0.39, 0.29) is 23.9 Å². The summed E-state index contributed by atoms with van der Waals surface area (Å²) in [6.45, 7) is 1.10. The number of halogens is 3. The molecule has 0 saturated carbocycles. The molecule has 0 N–H and O–H groups in total. The number of fused-ring (bicyclic) bond motifs is 3. The molecule has 0 bridgehead atoms. The van der Waals surface area contributed by atoms with E-state index in [4.69, 9.17) is 4.74 Å². The third-order valence-corrected chi connectivity index (χ3v) is 7.02. The average molecular weight is 429 g/mol. The smallest absolute Gasteiger partial charge is 0.416 e. The van der Waals surface area contributed by atoms with Gasteiger partial charge in [0.1, 0.15) is 5.75 Å². The van der Waals surface area contributed by atoms with Crippen molar-refractivity contribution in [2.45, 2.75) is 43.2 Å². The van der Waals surface area contributed by atoms with E-state index in [0.29, 0.717) is 32.5 Å². The van der Waals surface area contributed by atoms with E-state index >= 15 is 0 Å².